The molecule has 6 nitrogen and oxygen atoms in total. The molecule has 1 fully saturated rings. The van der Waals surface area contributed by atoms with E-state index in [0.717, 1.165) is 23.8 Å². The fourth-order valence-electron chi connectivity index (χ4n) is 2.81. The number of anilines is 2. The maximum Gasteiger partial charge on any atom is 0.272 e. The van der Waals surface area contributed by atoms with Gasteiger partial charge < -0.3 is 15.1 Å². The lowest BCUT2D eigenvalue weighted by Gasteiger charge is -2.36. The molecule has 1 aromatic carbocycles. The molecule has 132 valence electrons. The predicted octanol–water partition coefficient (Wildman–Crippen LogP) is 2.91. The van der Waals surface area contributed by atoms with Gasteiger partial charge in [-0.1, -0.05) is 17.7 Å². The molecule has 25 heavy (non-hydrogen) atoms. The van der Waals surface area contributed by atoms with Gasteiger partial charge in [0.1, 0.15) is 5.69 Å². The number of hydrogen-bond donors (Lipinski definition) is 1. The molecule has 2 heterocycles. The third kappa shape index (κ3) is 4.39. The van der Waals surface area contributed by atoms with Gasteiger partial charge in [0.25, 0.3) is 5.91 Å². The van der Waals surface area contributed by atoms with Crippen molar-refractivity contribution in [3.63, 3.8) is 0 Å². The zero-order valence-corrected chi connectivity index (χ0v) is 15.2. The lowest BCUT2D eigenvalue weighted by Crippen LogP contribution is -2.49. The predicted molar refractivity (Wildman–Crippen MR) is 100 cm³/mol. The Morgan fingerprint density at radius 2 is 1.96 bits per heavy atom. The molecule has 0 bridgehead atoms. The monoisotopic (exact) mass is 359 g/mol. The summed E-state index contributed by atoms with van der Waals surface area (Å²) in [5.41, 5.74) is 1.51. The lowest BCUT2D eigenvalue weighted by atomic mass is 10.2. The van der Waals surface area contributed by atoms with Gasteiger partial charge in [-0.05, 0) is 38.1 Å². The number of halogens is 1. The van der Waals surface area contributed by atoms with Crippen molar-refractivity contribution in [3.8, 4) is 0 Å². The summed E-state index contributed by atoms with van der Waals surface area (Å²) in [6.07, 6.45) is 1.62. The van der Waals surface area contributed by atoms with E-state index < -0.39 is 0 Å². The highest BCUT2D eigenvalue weighted by Gasteiger charge is 2.23. The molecule has 1 aliphatic heterocycles. The van der Waals surface area contributed by atoms with Crippen molar-refractivity contribution in [2.45, 2.75) is 19.9 Å². The topological polar surface area (TPSA) is 61.4 Å². The average Bonchev–Trinajstić information content (AvgIpc) is 2.61. The Bertz CT molecular complexity index is 744. The van der Waals surface area contributed by atoms with Crippen molar-refractivity contribution < 1.29 is 4.79 Å². The molecule has 7 heteroatoms. The van der Waals surface area contributed by atoms with E-state index in [2.05, 4.69) is 20.2 Å². The summed E-state index contributed by atoms with van der Waals surface area (Å²) < 4.78 is 0. The molecule has 0 radical (unpaired) electrons. The second kappa shape index (κ2) is 7.70. The van der Waals surface area contributed by atoms with Gasteiger partial charge in [-0.3, -0.25) is 4.79 Å². The standard InChI is InChI=1S/C18H22ClN5O/c1-13(2)21-18-20-7-6-16(22-18)17(25)24-10-8-23(9-11-24)15-5-3-4-14(19)12-15/h3-7,12-13H,8-11H2,1-2H3,(H,20,21,22). The van der Waals surface area contributed by atoms with Crippen LogP contribution in [0, 0.1) is 0 Å². The van der Waals surface area contributed by atoms with Gasteiger partial charge in [-0.25, -0.2) is 9.97 Å². The van der Waals surface area contributed by atoms with Gasteiger partial charge in [-0.15, -0.1) is 0 Å². The number of nitrogens with one attached hydrogen (secondary N) is 1. The van der Waals surface area contributed by atoms with E-state index in [1.165, 1.54) is 0 Å². The fraction of sp³-hybridized carbons (Fsp3) is 0.389. The molecule has 0 aliphatic carbocycles. The molecule has 2 aromatic rings. The number of nitrogens with zero attached hydrogens (tertiary/aromatic N) is 4. The van der Waals surface area contributed by atoms with E-state index in [-0.39, 0.29) is 11.9 Å². The van der Waals surface area contributed by atoms with Crippen LogP contribution in [0.3, 0.4) is 0 Å². The van der Waals surface area contributed by atoms with Crippen LogP contribution in [0.4, 0.5) is 11.6 Å². The minimum absolute atomic E-state index is 0.0556. The minimum Gasteiger partial charge on any atom is -0.368 e. The van der Waals surface area contributed by atoms with Crippen molar-refractivity contribution in [1.29, 1.82) is 0 Å². The number of rotatable bonds is 4. The van der Waals surface area contributed by atoms with Gasteiger partial charge >= 0.3 is 0 Å². The summed E-state index contributed by atoms with van der Waals surface area (Å²) in [7, 11) is 0. The van der Waals surface area contributed by atoms with Crippen molar-refractivity contribution in [2.75, 3.05) is 36.4 Å². The van der Waals surface area contributed by atoms with Crippen LogP contribution in [0.1, 0.15) is 24.3 Å². The number of aromatic nitrogens is 2. The lowest BCUT2D eigenvalue weighted by molar-refractivity contribution is 0.0741. The first kappa shape index (κ1) is 17.5. The third-order valence-corrected chi connectivity index (χ3v) is 4.27. The highest BCUT2D eigenvalue weighted by molar-refractivity contribution is 6.30. The number of carbonyl (C=O) groups is 1. The van der Waals surface area contributed by atoms with Crippen LogP contribution in [0.25, 0.3) is 0 Å². The zero-order chi connectivity index (χ0) is 17.8. The Balaban J connectivity index is 1.63. The molecule has 0 unspecified atom stereocenters. The van der Waals surface area contributed by atoms with Crippen LogP contribution in [-0.2, 0) is 0 Å². The smallest absolute Gasteiger partial charge is 0.272 e. The van der Waals surface area contributed by atoms with Crippen LogP contribution < -0.4 is 10.2 Å². The Labute approximate surface area is 152 Å². The van der Waals surface area contributed by atoms with Crippen LogP contribution in [0.15, 0.2) is 36.5 Å². The van der Waals surface area contributed by atoms with Crippen LogP contribution >= 0.6 is 11.6 Å². The molecule has 1 saturated heterocycles. The summed E-state index contributed by atoms with van der Waals surface area (Å²) in [6.45, 7) is 6.87. The first-order chi connectivity index (χ1) is 12.0. The molecule has 0 spiro atoms. The Morgan fingerprint density at radius 3 is 2.64 bits per heavy atom. The summed E-state index contributed by atoms with van der Waals surface area (Å²) in [4.78, 5) is 25.3. The van der Waals surface area contributed by atoms with Gasteiger partial charge in [-0.2, -0.15) is 0 Å². The number of benzene rings is 1. The van der Waals surface area contributed by atoms with E-state index in [1.54, 1.807) is 12.3 Å². The summed E-state index contributed by atoms with van der Waals surface area (Å²) >= 11 is 6.06. The molecule has 1 aromatic heterocycles. The molecular formula is C18H22ClN5O. The molecule has 0 atom stereocenters. The Kier molecular flexibility index (Phi) is 5.38. The van der Waals surface area contributed by atoms with E-state index in [1.807, 2.05) is 43.0 Å². The van der Waals surface area contributed by atoms with E-state index >= 15 is 0 Å². The van der Waals surface area contributed by atoms with Gasteiger partial charge in [0.15, 0.2) is 0 Å². The van der Waals surface area contributed by atoms with Crippen molar-refractivity contribution >= 4 is 29.1 Å². The summed E-state index contributed by atoms with van der Waals surface area (Å²) in [5.74, 6) is 0.429. The first-order valence-corrected chi connectivity index (χ1v) is 8.80. The quantitative estimate of drug-likeness (QED) is 0.909. The van der Waals surface area contributed by atoms with Gasteiger partial charge in [0, 0.05) is 49.1 Å². The molecule has 1 aliphatic rings. The van der Waals surface area contributed by atoms with E-state index in [0.29, 0.717) is 24.7 Å². The van der Waals surface area contributed by atoms with Crippen LogP contribution in [0.2, 0.25) is 5.02 Å². The molecule has 1 N–H and O–H groups in total. The Hall–Kier alpha value is -2.34. The first-order valence-electron chi connectivity index (χ1n) is 8.42. The second-order valence-electron chi connectivity index (χ2n) is 6.32. The third-order valence-electron chi connectivity index (χ3n) is 4.03. The maximum absolute atomic E-state index is 12.7. The summed E-state index contributed by atoms with van der Waals surface area (Å²) in [6, 6.07) is 9.68. The molecule has 0 saturated carbocycles. The number of piperazine rings is 1. The number of carbonyl (C=O) groups excluding carboxylic acids is 1. The average molecular weight is 360 g/mol. The molecular weight excluding hydrogens is 338 g/mol. The van der Waals surface area contributed by atoms with Crippen molar-refractivity contribution in [3.05, 3.63) is 47.2 Å². The van der Waals surface area contributed by atoms with Crippen molar-refractivity contribution in [1.82, 2.24) is 14.9 Å². The van der Waals surface area contributed by atoms with Crippen LogP contribution in [-0.4, -0.2) is 53.0 Å². The zero-order valence-electron chi connectivity index (χ0n) is 14.4. The van der Waals surface area contributed by atoms with E-state index in [4.69, 9.17) is 11.6 Å². The summed E-state index contributed by atoms with van der Waals surface area (Å²) in [5, 5.41) is 3.85. The number of amides is 1. The Morgan fingerprint density at radius 1 is 1.20 bits per heavy atom. The van der Waals surface area contributed by atoms with Crippen LogP contribution in [0.5, 0.6) is 0 Å². The largest absolute Gasteiger partial charge is 0.368 e. The maximum atomic E-state index is 12.7. The highest BCUT2D eigenvalue weighted by atomic mass is 35.5. The normalized spacial score (nSPS) is 14.7. The fourth-order valence-corrected chi connectivity index (χ4v) is 2.99. The SMILES string of the molecule is CC(C)Nc1nccc(C(=O)N2CCN(c3cccc(Cl)c3)CC2)n1. The highest BCUT2D eigenvalue weighted by Crippen LogP contribution is 2.21. The minimum atomic E-state index is -0.0556. The second-order valence-corrected chi connectivity index (χ2v) is 6.76. The van der Waals surface area contributed by atoms with Gasteiger partial charge in [0.2, 0.25) is 5.95 Å². The number of hydrogen-bond acceptors (Lipinski definition) is 5. The van der Waals surface area contributed by atoms with E-state index in [9.17, 15) is 4.79 Å². The molecule has 3 rings (SSSR count). The molecule has 1 amide bonds. The van der Waals surface area contributed by atoms with Gasteiger partial charge in [0.05, 0.1) is 0 Å². The van der Waals surface area contributed by atoms with Crippen molar-refractivity contribution in [2.24, 2.45) is 0 Å².